The Morgan fingerprint density at radius 1 is 1.14 bits per heavy atom. The van der Waals surface area contributed by atoms with Gasteiger partial charge in [0, 0.05) is 12.6 Å². The van der Waals surface area contributed by atoms with Gasteiger partial charge in [-0.05, 0) is 73.5 Å². The van der Waals surface area contributed by atoms with Gasteiger partial charge < -0.3 is 9.47 Å². The van der Waals surface area contributed by atoms with Crippen molar-refractivity contribution in [3.8, 4) is 11.5 Å². The smallest absolute Gasteiger partial charge is 0.326 e. The number of amides is 1. The third kappa shape index (κ3) is 5.92. The molecule has 4 rings (SSSR count). The van der Waals surface area contributed by atoms with Crippen LogP contribution < -0.4 is 18.5 Å². The first-order chi connectivity index (χ1) is 17.0. The second-order valence-electron chi connectivity index (χ2n) is 10.4. The fraction of sp³-hybridized carbons (Fsp3) is 0.500. The number of nitrogens with one attached hydrogen (secondary N) is 1. The van der Waals surface area contributed by atoms with E-state index >= 15 is 4.39 Å². The van der Waals surface area contributed by atoms with E-state index in [0.717, 1.165) is 35.6 Å². The summed E-state index contributed by atoms with van der Waals surface area (Å²) in [4.78, 5) is 14.0. The van der Waals surface area contributed by atoms with E-state index in [1.54, 1.807) is 25.3 Å². The maximum absolute atomic E-state index is 15.5. The van der Waals surface area contributed by atoms with Crippen LogP contribution in [0.2, 0.25) is 0 Å². The molecule has 2 aromatic rings. The Bertz CT molecular complexity index is 1210. The van der Waals surface area contributed by atoms with Crippen LogP contribution in [0.15, 0.2) is 36.4 Å². The number of nitrogens with zero attached hydrogens (tertiary/aromatic N) is 2. The number of benzene rings is 2. The first kappa shape index (κ1) is 26.2. The van der Waals surface area contributed by atoms with Gasteiger partial charge in [0.1, 0.15) is 30.3 Å². The van der Waals surface area contributed by atoms with Crippen molar-refractivity contribution in [2.75, 3.05) is 25.0 Å². The van der Waals surface area contributed by atoms with Crippen LogP contribution in [-0.4, -0.2) is 46.0 Å². The van der Waals surface area contributed by atoms with E-state index in [4.69, 9.17) is 9.47 Å². The molecule has 2 aliphatic rings. The summed E-state index contributed by atoms with van der Waals surface area (Å²) in [5.74, 6) is -0.719. The Morgan fingerprint density at radius 2 is 1.81 bits per heavy atom. The van der Waals surface area contributed by atoms with Gasteiger partial charge >= 0.3 is 10.2 Å². The molecule has 0 unspecified atom stereocenters. The third-order valence-corrected chi connectivity index (χ3v) is 8.45. The number of halogens is 1. The zero-order valence-electron chi connectivity index (χ0n) is 21.2. The third-order valence-electron chi connectivity index (χ3n) is 7.08. The second-order valence-corrected chi connectivity index (χ2v) is 12.0. The number of ether oxygens (including phenoxy) is 2. The lowest BCUT2D eigenvalue weighted by atomic mass is 9.75. The molecular formula is C26H34FN3O5S. The lowest BCUT2D eigenvalue weighted by Crippen LogP contribution is -2.36. The molecule has 0 atom stereocenters. The van der Waals surface area contributed by atoms with Crippen molar-refractivity contribution in [2.24, 2.45) is 5.41 Å². The fourth-order valence-electron chi connectivity index (χ4n) is 4.84. The largest absolute Gasteiger partial charge is 0.497 e. The molecule has 2 fully saturated rings. The summed E-state index contributed by atoms with van der Waals surface area (Å²) < 4.78 is 54.2. The molecule has 10 heteroatoms. The van der Waals surface area contributed by atoms with Gasteiger partial charge in [-0.25, -0.2) is 13.4 Å². The summed E-state index contributed by atoms with van der Waals surface area (Å²) in [6.45, 7) is 4.65. The molecule has 1 N–H and O–H groups in total. The molecule has 2 aromatic carbocycles. The number of methoxy groups -OCH3 is 1. The van der Waals surface area contributed by atoms with E-state index in [9.17, 15) is 13.2 Å². The van der Waals surface area contributed by atoms with Crippen molar-refractivity contribution in [1.82, 2.24) is 9.62 Å². The highest BCUT2D eigenvalue weighted by molar-refractivity contribution is 7.92. The van der Waals surface area contributed by atoms with E-state index in [1.165, 1.54) is 6.07 Å². The normalized spacial score (nSPS) is 19.4. The fourth-order valence-corrected chi connectivity index (χ4v) is 6.01. The number of rotatable bonds is 8. The zero-order valence-corrected chi connectivity index (χ0v) is 22.0. The van der Waals surface area contributed by atoms with Crippen molar-refractivity contribution < 1.29 is 27.1 Å². The Kier molecular flexibility index (Phi) is 7.47. The van der Waals surface area contributed by atoms with Gasteiger partial charge in [-0.1, -0.05) is 26.0 Å². The Hall–Kier alpha value is -2.85. The van der Waals surface area contributed by atoms with Gasteiger partial charge in [-0.3, -0.25) is 9.69 Å². The van der Waals surface area contributed by atoms with Gasteiger partial charge in [-0.15, -0.1) is 0 Å². The van der Waals surface area contributed by atoms with Crippen LogP contribution in [0.1, 0.15) is 50.7 Å². The SMILES string of the molecule is COc1ccc(COc2cc(CN(C)C3CCC(C)(C)CC3)cc(F)c2N2CC(=O)NS2(=O)=O)cc1. The quantitative estimate of drug-likeness (QED) is 0.567. The molecule has 0 bridgehead atoms. The second kappa shape index (κ2) is 10.3. The van der Waals surface area contributed by atoms with Crippen molar-refractivity contribution in [1.29, 1.82) is 0 Å². The Balaban J connectivity index is 1.60. The van der Waals surface area contributed by atoms with Gasteiger partial charge in [0.25, 0.3) is 5.91 Å². The molecule has 1 aliphatic carbocycles. The molecule has 36 heavy (non-hydrogen) atoms. The van der Waals surface area contributed by atoms with Crippen molar-refractivity contribution in [3.05, 3.63) is 53.3 Å². The van der Waals surface area contributed by atoms with Gasteiger partial charge in [0.15, 0.2) is 5.82 Å². The van der Waals surface area contributed by atoms with Crippen LogP contribution in [0, 0.1) is 11.2 Å². The molecule has 0 spiro atoms. The van der Waals surface area contributed by atoms with Crippen LogP contribution in [0.5, 0.6) is 11.5 Å². The number of hydrogen-bond donors (Lipinski definition) is 1. The highest BCUT2D eigenvalue weighted by atomic mass is 32.2. The molecule has 1 heterocycles. The molecule has 1 saturated heterocycles. The average molecular weight is 520 g/mol. The standard InChI is InChI=1S/C26H34FN3O5S/c1-26(2)11-9-20(10-12-26)29(3)15-19-13-22(27)25(30-16-24(31)28-36(30,32)33)23(14-19)35-17-18-5-7-21(34-4)8-6-18/h5-8,13-14,20H,9-12,15-17H2,1-4H3,(H,28,31). The maximum Gasteiger partial charge on any atom is 0.326 e. The minimum Gasteiger partial charge on any atom is -0.497 e. The predicted octanol–water partition coefficient (Wildman–Crippen LogP) is 3.99. The molecular weight excluding hydrogens is 485 g/mol. The summed E-state index contributed by atoms with van der Waals surface area (Å²) in [6.07, 6.45) is 4.42. The summed E-state index contributed by atoms with van der Waals surface area (Å²) >= 11 is 0. The number of carbonyl (C=O) groups is 1. The lowest BCUT2D eigenvalue weighted by molar-refractivity contribution is -0.117. The van der Waals surface area contributed by atoms with Gasteiger partial charge in [-0.2, -0.15) is 8.42 Å². The van der Waals surface area contributed by atoms with Crippen molar-refractivity contribution in [2.45, 2.75) is 58.7 Å². The number of anilines is 1. The molecule has 1 amide bonds. The van der Waals surface area contributed by atoms with E-state index in [2.05, 4.69) is 18.7 Å². The number of hydrogen-bond acceptors (Lipinski definition) is 6. The molecule has 1 aliphatic heterocycles. The summed E-state index contributed by atoms with van der Waals surface area (Å²) in [7, 11) is -0.603. The average Bonchev–Trinajstić information content (AvgIpc) is 3.08. The maximum atomic E-state index is 15.5. The molecule has 0 aromatic heterocycles. The van der Waals surface area contributed by atoms with E-state index in [-0.39, 0.29) is 18.0 Å². The van der Waals surface area contributed by atoms with Crippen molar-refractivity contribution in [3.63, 3.8) is 0 Å². The van der Waals surface area contributed by atoms with Crippen LogP contribution in [0.3, 0.4) is 0 Å². The van der Waals surface area contributed by atoms with Crippen LogP contribution >= 0.6 is 0 Å². The van der Waals surface area contributed by atoms with Gasteiger partial charge in [0.05, 0.1) is 7.11 Å². The molecule has 0 radical (unpaired) electrons. The molecule has 1 saturated carbocycles. The van der Waals surface area contributed by atoms with Crippen LogP contribution in [-0.2, 0) is 28.2 Å². The molecule has 8 nitrogen and oxygen atoms in total. The van der Waals surface area contributed by atoms with Crippen LogP contribution in [0.25, 0.3) is 0 Å². The Labute approximate surface area is 212 Å². The van der Waals surface area contributed by atoms with E-state index < -0.39 is 28.5 Å². The lowest BCUT2D eigenvalue weighted by Gasteiger charge is -2.38. The Morgan fingerprint density at radius 3 is 2.39 bits per heavy atom. The van der Waals surface area contributed by atoms with Crippen molar-refractivity contribution >= 4 is 21.8 Å². The minimum absolute atomic E-state index is 0.0686. The van der Waals surface area contributed by atoms with E-state index in [0.29, 0.717) is 29.3 Å². The molecule has 196 valence electrons. The predicted molar refractivity (Wildman–Crippen MR) is 136 cm³/mol. The van der Waals surface area contributed by atoms with Crippen LogP contribution in [0.4, 0.5) is 10.1 Å². The first-order valence-electron chi connectivity index (χ1n) is 12.1. The highest BCUT2D eigenvalue weighted by Crippen LogP contribution is 2.39. The first-order valence-corrected chi connectivity index (χ1v) is 13.5. The highest BCUT2D eigenvalue weighted by Gasteiger charge is 2.38. The van der Waals surface area contributed by atoms with Gasteiger partial charge in [0.2, 0.25) is 0 Å². The topological polar surface area (TPSA) is 88.2 Å². The van der Waals surface area contributed by atoms with E-state index in [1.807, 2.05) is 23.9 Å². The monoisotopic (exact) mass is 519 g/mol. The summed E-state index contributed by atoms with van der Waals surface area (Å²) in [6, 6.07) is 10.6. The summed E-state index contributed by atoms with van der Waals surface area (Å²) in [5.41, 5.74) is 1.55. The minimum atomic E-state index is -4.20. The zero-order chi connectivity index (χ0) is 26.1. The summed E-state index contributed by atoms with van der Waals surface area (Å²) in [5, 5.41) is 0. The number of carbonyl (C=O) groups excluding carboxylic acids is 1.